The van der Waals surface area contributed by atoms with Crippen LogP contribution in [0.3, 0.4) is 0 Å². The number of H-pyrrole nitrogens is 1. The number of benzene rings is 3. The Bertz CT molecular complexity index is 1440. The van der Waals surface area contributed by atoms with Gasteiger partial charge in [-0.15, -0.1) is 15.3 Å². The van der Waals surface area contributed by atoms with E-state index in [-0.39, 0.29) is 17.6 Å². The number of nitrogens with one attached hydrogen (secondary N) is 1. The number of rotatable bonds is 9. The molecule has 3 aromatic carbocycles. The molecule has 0 aliphatic carbocycles. The number of hydrogen-bond donors (Lipinski definition) is 1. The molecule has 0 fully saturated rings. The van der Waals surface area contributed by atoms with Crippen LogP contribution in [0.5, 0.6) is 0 Å². The SMILES string of the molecule is CCC(C)n1nc(C(=O)Cc2ccccc2)nc1Cc1ccc(-c2ccccc2-c2nn[nH]n2)cc1. The van der Waals surface area contributed by atoms with Crippen molar-refractivity contribution in [2.45, 2.75) is 39.2 Å². The van der Waals surface area contributed by atoms with Crippen molar-refractivity contribution in [2.24, 2.45) is 0 Å². The summed E-state index contributed by atoms with van der Waals surface area (Å²) in [5.41, 5.74) is 5.05. The van der Waals surface area contributed by atoms with E-state index in [1.54, 1.807) is 0 Å². The fourth-order valence-electron chi connectivity index (χ4n) is 4.17. The molecule has 1 N–H and O–H groups in total. The Morgan fingerprint density at radius 2 is 1.64 bits per heavy atom. The van der Waals surface area contributed by atoms with Crippen LogP contribution in [0.1, 0.15) is 53.9 Å². The minimum Gasteiger partial charge on any atom is -0.290 e. The minimum absolute atomic E-state index is 0.0714. The molecule has 1 atom stereocenters. The van der Waals surface area contributed by atoms with Crippen LogP contribution in [0.25, 0.3) is 22.5 Å². The minimum atomic E-state index is -0.0714. The zero-order chi connectivity index (χ0) is 24.9. The zero-order valence-corrected chi connectivity index (χ0v) is 20.3. The topological polar surface area (TPSA) is 102 Å². The van der Waals surface area contributed by atoms with Crippen LogP contribution in [-0.4, -0.2) is 41.2 Å². The molecule has 180 valence electrons. The Labute approximate surface area is 209 Å². The molecule has 8 heteroatoms. The van der Waals surface area contributed by atoms with Crippen molar-refractivity contribution in [1.82, 2.24) is 35.4 Å². The maximum Gasteiger partial charge on any atom is 0.217 e. The average molecular weight is 478 g/mol. The molecule has 0 aliphatic heterocycles. The van der Waals surface area contributed by atoms with Gasteiger partial charge in [-0.2, -0.15) is 5.21 Å². The van der Waals surface area contributed by atoms with Gasteiger partial charge in [0.2, 0.25) is 17.4 Å². The molecule has 0 saturated heterocycles. The van der Waals surface area contributed by atoms with E-state index in [0.29, 0.717) is 18.7 Å². The number of Topliss-reactive ketones (excluding diaryl/α,β-unsaturated/α-hetero) is 1. The first-order valence-corrected chi connectivity index (χ1v) is 12.1. The molecule has 0 saturated carbocycles. The van der Waals surface area contributed by atoms with Crippen molar-refractivity contribution in [2.75, 3.05) is 0 Å². The third-order valence-electron chi connectivity index (χ3n) is 6.31. The summed E-state index contributed by atoms with van der Waals surface area (Å²) in [6.07, 6.45) is 1.77. The summed E-state index contributed by atoms with van der Waals surface area (Å²) < 4.78 is 1.90. The number of ketones is 1. The lowest BCUT2D eigenvalue weighted by Gasteiger charge is -2.12. The summed E-state index contributed by atoms with van der Waals surface area (Å²) in [5.74, 6) is 1.56. The van der Waals surface area contributed by atoms with Crippen molar-refractivity contribution in [3.63, 3.8) is 0 Å². The number of nitrogens with zero attached hydrogens (tertiary/aromatic N) is 6. The lowest BCUT2D eigenvalue weighted by Crippen LogP contribution is -2.11. The lowest BCUT2D eigenvalue weighted by molar-refractivity contribution is 0.0982. The van der Waals surface area contributed by atoms with Gasteiger partial charge in [-0.05, 0) is 40.8 Å². The van der Waals surface area contributed by atoms with E-state index in [2.05, 4.69) is 68.8 Å². The van der Waals surface area contributed by atoms with Crippen molar-refractivity contribution in [3.05, 3.63) is 102 Å². The fourth-order valence-corrected chi connectivity index (χ4v) is 4.17. The summed E-state index contributed by atoms with van der Waals surface area (Å²) in [7, 11) is 0. The van der Waals surface area contributed by atoms with Gasteiger partial charge in [0.05, 0.1) is 6.04 Å². The predicted octanol–water partition coefficient (Wildman–Crippen LogP) is 5.11. The highest BCUT2D eigenvalue weighted by Gasteiger charge is 2.20. The highest BCUT2D eigenvalue weighted by molar-refractivity contribution is 5.94. The van der Waals surface area contributed by atoms with E-state index < -0.39 is 0 Å². The summed E-state index contributed by atoms with van der Waals surface area (Å²) in [4.78, 5) is 17.6. The van der Waals surface area contributed by atoms with E-state index in [0.717, 1.165) is 40.1 Å². The van der Waals surface area contributed by atoms with E-state index in [1.807, 2.05) is 59.3 Å². The Balaban J connectivity index is 1.39. The molecule has 8 nitrogen and oxygen atoms in total. The van der Waals surface area contributed by atoms with Crippen LogP contribution in [0.4, 0.5) is 0 Å². The van der Waals surface area contributed by atoms with Crippen molar-refractivity contribution < 1.29 is 4.79 Å². The van der Waals surface area contributed by atoms with Crippen LogP contribution in [0.2, 0.25) is 0 Å². The van der Waals surface area contributed by atoms with Crippen molar-refractivity contribution >= 4 is 5.78 Å². The number of tetrazole rings is 1. The first kappa shape index (κ1) is 23.3. The second-order valence-corrected chi connectivity index (χ2v) is 8.79. The van der Waals surface area contributed by atoms with Gasteiger partial charge in [0, 0.05) is 18.4 Å². The second kappa shape index (κ2) is 10.4. The number of aromatic amines is 1. The van der Waals surface area contributed by atoms with Crippen molar-refractivity contribution in [3.8, 4) is 22.5 Å². The molecular weight excluding hydrogens is 450 g/mol. The number of aromatic nitrogens is 7. The van der Waals surface area contributed by atoms with Gasteiger partial charge in [0.15, 0.2) is 0 Å². The third kappa shape index (κ3) is 4.98. The van der Waals surface area contributed by atoms with Crippen LogP contribution in [0.15, 0.2) is 78.9 Å². The molecule has 5 rings (SSSR count). The predicted molar refractivity (Wildman–Crippen MR) is 137 cm³/mol. The second-order valence-electron chi connectivity index (χ2n) is 8.79. The first-order chi connectivity index (χ1) is 17.6. The highest BCUT2D eigenvalue weighted by Crippen LogP contribution is 2.30. The monoisotopic (exact) mass is 477 g/mol. The molecule has 36 heavy (non-hydrogen) atoms. The molecule has 5 aromatic rings. The Morgan fingerprint density at radius 3 is 2.33 bits per heavy atom. The molecule has 0 radical (unpaired) electrons. The van der Waals surface area contributed by atoms with E-state index in [9.17, 15) is 4.79 Å². The molecular formula is C28H27N7O. The Morgan fingerprint density at radius 1 is 0.917 bits per heavy atom. The first-order valence-electron chi connectivity index (χ1n) is 12.1. The van der Waals surface area contributed by atoms with E-state index in [1.165, 1.54) is 0 Å². The van der Waals surface area contributed by atoms with Gasteiger partial charge in [0.1, 0.15) is 5.82 Å². The quantitative estimate of drug-likeness (QED) is 0.296. The Kier molecular flexibility index (Phi) is 6.75. The summed E-state index contributed by atoms with van der Waals surface area (Å²) in [6, 6.07) is 26.2. The average Bonchev–Trinajstić information content (AvgIpc) is 3.60. The summed E-state index contributed by atoms with van der Waals surface area (Å²) >= 11 is 0. The van der Waals surface area contributed by atoms with Crippen LogP contribution >= 0.6 is 0 Å². The van der Waals surface area contributed by atoms with Gasteiger partial charge >= 0.3 is 0 Å². The lowest BCUT2D eigenvalue weighted by atomic mass is 9.98. The number of hydrogen-bond acceptors (Lipinski definition) is 6. The third-order valence-corrected chi connectivity index (χ3v) is 6.31. The number of carbonyl (C=O) groups excluding carboxylic acids is 1. The van der Waals surface area contributed by atoms with E-state index >= 15 is 0 Å². The standard InChI is InChI=1S/C28H27N7O/c1-3-19(2)35-26(29-28(32-35)25(36)17-20-9-5-4-6-10-20)18-21-13-15-22(16-14-21)23-11-7-8-12-24(23)27-30-33-34-31-27/h4-16,19H,3,17-18H2,1-2H3,(H,30,31,33,34). The van der Waals surface area contributed by atoms with Gasteiger partial charge in [-0.25, -0.2) is 9.67 Å². The molecule has 2 aromatic heterocycles. The molecule has 0 bridgehead atoms. The number of carbonyl (C=O) groups is 1. The zero-order valence-electron chi connectivity index (χ0n) is 20.3. The molecule has 0 amide bonds. The van der Waals surface area contributed by atoms with Gasteiger partial charge in [-0.3, -0.25) is 4.79 Å². The normalized spacial score (nSPS) is 11.9. The Hall–Kier alpha value is -4.46. The van der Waals surface area contributed by atoms with Crippen LogP contribution < -0.4 is 0 Å². The molecule has 1 unspecified atom stereocenters. The summed E-state index contributed by atoms with van der Waals surface area (Å²) in [5, 5.41) is 19.1. The van der Waals surface area contributed by atoms with Gasteiger partial charge < -0.3 is 0 Å². The molecule has 2 heterocycles. The van der Waals surface area contributed by atoms with E-state index in [4.69, 9.17) is 0 Å². The van der Waals surface area contributed by atoms with Gasteiger partial charge in [-0.1, -0.05) is 85.8 Å². The van der Waals surface area contributed by atoms with Crippen LogP contribution in [-0.2, 0) is 12.8 Å². The highest BCUT2D eigenvalue weighted by atomic mass is 16.1. The largest absolute Gasteiger partial charge is 0.290 e. The van der Waals surface area contributed by atoms with Gasteiger partial charge in [0.25, 0.3) is 0 Å². The molecule has 0 spiro atoms. The maximum absolute atomic E-state index is 12.9. The fraction of sp³-hybridized carbons (Fsp3) is 0.214. The van der Waals surface area contributed by atoms with Crippen LogP contribution in [0, 0.1) is 0 Å². The smallest absolute Gasteiger partial charge is 0.217 e. The van der Waals surface area contributed by atoms with Crippen molar-refractivity contribution in [1.29, 1.82) is 0 Å². The summed E-state index contributed by atoms with van der Waals surface area (Å²) in [6.45, 7) is 4.21. The maximum atomic E-state index is 12.9. The molecule has 0 aliphatic rings.